The summed E-state index contributed by atoms with van der Waals surface area (Å²) >= 11 is 0. The largest absolute Gasteiger partial charge is 0.490 e. The zero-order valence-electron chi connectivity index (χ0n) is 7.31. The van der Waals surface area contributed by atoms with Crippen molar-refractivity contribution in [1.29, 1.82) is 0 Å². The normalized spacial score (nSPS) is 15.9. The Morgan fingerprint density at radius 3 is 1.44 bits per heavy atom. The average molecular weight is 262 g/mol. The Kier molecular flexibility index (Phi) is 3.78. The van der Waals surface area contributed by atoms with E-state index in [1.807, 2.05) is 0 Å². The van der Waals surface area contributed by atoms with Crippen LogP contribution in [0.25, 0.3) is 0 Å². The quantitative estimate of drug-likeness (QED) is 0.546. The summed E-state index contributed by atoms with van der Waals surface area (Å²) in [6.45, 7) is 0. The van der Waals surface area contributed by atoms with E-state index in [4.69, 9.17) is 0 Å². The third-order valence-corrected chi connectivity index (χ3v) is 1.29. The van der Waals surface area contributed by atoms with Gasteiger partial charge in [0.25, 0.3) is 0 Å². The van der Waals surface area contributed by atoms with Crippen LogP contribution in [0.3, 0.4) is 0 Å². The second kappa shape index (κ2) is 4.06. The Bertz CT molecular complexity index is 283. The third kappa shape index (κ3) is 2.73. The van der Waals surface area contributed by atoms with Gasteiger partial charge in [0.15, 0.2) is 0 Å². The van der Waals surface area contributed by atoms with Crippen molar-refractivity contribution in [3.8, 4) is 0 Å². The average Bonchev–Trinajstić information content (AvgIpc) is 2.00. The van der Waals surface area contributed by atoms with Crippen molar-refractivity contribution in [3.63, 3.8) is 0 Å². The zero-order valence-corrected chi connectivity index (χ0v) is 7.31. The van der Waals surface area contributed by atoms with E-state index in [2.05, 4.69) is 4.74 Å². The van der Waals surface area contributed by atoms with Gasteiger partial charge in [-0.05, 0) is 0 Å². The summed E-state index contributed by atoms with van der Waals surface area (Å²) in [5.74, 6) is -13.0. The summed E-state index contributed by atoms with van der Waals surface area (Å²) < 4.78 is 110. The minimum absolute atomic E-state index is 0.120. The van der Waals surface area contributed by atoms with Crippen molar-refractivity contribution >= 4 is 0 Å². The highest BCUT2D eigenvalue weighted by molar-refractivity contribution is 5.16. The fourth-order valence-electron chi connectivity index (χ4n) is 0.597. The molecule has 0 fully saturated rings. The number of halogens is 9. The van der Waals surface area contributed by atoms with Gasteiger partial charge in [-0.2, -0.15) is 35.1 Å². The molecular formula is C6H3F9O. The molecule has 10 heteroatoms. The van der Waals surface area contributed by atoms with Gasteiger partial charge in [0.1, 0.15) is 0 Å². The molecule has 0 aromatic carbocycles. The van der Waals surface area contributed by atoms with Gasteiger partial charge < -0.3 is 4.74 Å². The highest BCUT2D eigenvalue weighted by Crippen LogP contribution is 2.45. The van der Waals surface area contributed by atoms with Crippen LogP contribution >= 0.6 is 0 Å². The molecule has 0 heterocycles. The lowest BCUT2D eigenvalue weighted by atomic mass is 10.2. The summed E-state index contributed by atoms with van der Waals surface area (Å²) in [6.07, 6.45) is -12.3. The van der Waals surface area contributed by atoms with Crippen molar-refractivity contribution in [1.82, 2.24) is 0 Å². The maximum atomic E-state index is 12.4. The van der Waals surface area contributed by atoms with Crippen LogP contribution in [0.5, 0.6) is 0 Å². The Balaban J connectivity index is 5.62. The molecule has 0 aliphatic carbocycles. The molecule has 0 saturated carbocycles. The van der Waals surface area contributed by atoms with E-state index in [0.717, 1.165) is 0 Å². The van der Waals surface area contributed by atoms with Crippen molar-refractivity contribution in [2.75, 3.05) is 7.11 Å². The van der Waals surface area contributed by atoms with E-state index in [0.29, 0.717) is 0 Å². The second-order valence-electron chi connectivity index (χ2n) is 2.42. The maximum Gasteiger partial charge on any atom is 0.460 e. The van der Waals surface area contributed by atoms with Crippen LogP contribution in [0.2, 0.25) is 0 Å². The number of ether oxygens (including phenoxy) is 1. The summed E-state index contributed by atoms with van der Waals surface area (Å²) in [5.41, 5.74) is 0. The van der Waals surface area contributed by atoms with Crippen LogP contribution in [0.15, 0.2) is 11.6 Å². The first-order chi connectivity index (χ1) is 6.85. The fourth-order valence-corrected chi connectivity index (χ4v) is 0.597. The molecule has 0 atom stereocenters. The minimum atomic E-state index is -6.48. The molecule has 96 valence electrons. The third-order valence-electron chi connectivity index (χ3n) is 1.29. The molecule has 0 aromatic heterocycles. The molecule has 16 heavy (non-hydrogen) atoms. The van der Waals surface area contributed by atoms with Gasteiger partial charge in [0.2, 0.25) is 11.6 Å². The second-order valence-corrected chi connectivity index (χ2v) is 2.42. The molecule has 0 amide bonds. The van der Waals surface area contributed by atoms with E-state index >= 15 is 0 Å². The lowest BCUT2D eigenvalue weighted by Gasteiger charge is -2.20. The van der Waals surface area contributed by atoms with Crippen LogP contribution < -0.4 is 0 Å². The summed E-state index contributed by atoms with van der Waals surface area (Å²) in [6, 6.07) is 0. The first kappa shape index (κ1) is 14.9. The van der Waals surface area contributed by atoms with Crippen molar-refractivity contribution < 1.29 is 44.3 Å². The van der Waals surface area contributed by atoms with Crippen LogP contribution in [0.4, 0.5) is 39.5 Å². The Morgan fingerprint density at radius 1 is 0.875 bits per heavy atom. The van der Waals surface area contributed by atoms with Crippen molar-refractivity contribution in [2.45, 2.75) is 18.3 Å². The van der Waals surface area contributed by atoms with E-state index in [1.165, 1.54) is 0 Å². The SMILES string of the molecule is COC(=C(F)C(F)(F)C(F)(F)F)C(F)(F)F. The number of hydrogen-bond acceptors (Lipinski definition) is 1. The predicted octanol–water partition coefficient (Wildman–Crippen LogP) is 3.57. The number of methoxy groups -OCH3 is 1. The number of allylic oxidation sites excluding steroid dienone is 2. The highest BCUT2D eigenvalue weighted by Gasteiger charge is 2.64. The number of alkyl halides is 8. The lowest BCUT2D eigenvalue weighted by Crippen LogP contribution is -2.39. The van der Waals surface area contributed by atoms with Gasteiger partial charge in [0, 0.05) is 0 Å². The molecule has 0 N–H and O–H groups in total. The summed E-state index contributed by atoms with van der Waals surface area (Å²) in [4.78, 5) is 0. The molecule has 0 rings (SSSR count). The molecule has 0 aliphatic heterocycles. The molecule has 0 spiro atoms. The van der Waals surface area contributed by atoms with E-state index in [-0.39, 0.29) is 7.11 Å². The first-order valence-electron chi connectivity index (χ1n) is 3.31. The standard InChI is InChI=1S/C6H3F9O/c1-16-3(5(10,11)12)2(7)4(8,9)6(13,14)15/h1H3. The van der Waals surface area contributed by atoms with Gasteiger partial charge in [-0.25, -0.2) is 4.39 Å². The molecule has 0 saturated heterocycles. The Hall–Kier alpha value is -1.09. The van der Waals surface area contributed by atoms with Gasteiger partial charge in [0.05, 0.1) is 7.11 Å². The highest BCUT2D eigenvalue weighted by atomic mass is 19.4. The lowest BCUT2D eigenvalue weighted by molar-refractivity contribution is -0.273. The van der Waals surface area contributed by atoms with Crippen molar-refractivity contribution in [3.05, 3.63) is 11.6 Å². The number of rotatable bonds is 2. The Morgan fingerprint density at radius 2 is 1.25 bits per heavy atom. The van der Waals surface area contributed by atoms with Crippen molar-refractivity contribution in [2.24, 2.45) is 0 Å². The molecule has 0 bridgehead atoms. The van der Waals surface area contributed by atoms with Gasteiger partial charge >= 0.3 is 18.3 Å². The van der Waals surface area contributed by atoms with E-state index in [1.54, 1.807) is 0 Å². The maximum absolute atomic E-state index is 12.4. The van der Waals surface area contributed by atoms with Gasteiger partial charge in [-0.3, -0.25) is 0 Å². The van der Waals surface area contributed by atoms with Gasteiger partial charge in [-0.1, -0.05) is 0 Å². The van der Waals surface area contributed by atoms with Crippen LogP contribution in [-0.4, -0.2) is 25.4 Å². The molecule has 1 nitrogen and oxygen atoms in total. The smallest absolute Gasteiger partial charge is 0.460 e. The topological polar surface area (TPSA) is 9.23 Å². The van der Waals surface area contributed by atoms with E-state index < -0.39 is 29.9 Å². The van der Waals surface area contributed by atoms with E-state index in [9.17, 15) is 39.5 Å². The fraction of sp³-hybridized carbons (Fsp3) is 0.667. The molecule has 0 aromatic rings. The molecule has 0 unspecified atom stereocenters. The Labute approximate surface area is 82.5 Å². The van der Waals surface area contributed by atoms with Crippen LogP contribution in [0, 0.1) is 0 Å². The number of hydrogen-bond donors (Lipinski definition) is 0. The molecule has 0 radical (unpaired) electrons. The molecular weight excluding hydrogens is 259 g/mol. The zero-order chi connectivity index (χ0) is 13.4. The van der Waals surface area contributed by atoms with Crippen LogP contribution in [-0.2, 0) is 4.74 Å². The predicted molar refractivity (Wildman–Crippen MR) is 32.2 cm³/mol. The van der Waals surface area contributed by atoms with Crippen LogP contribution in [0.1, 0.15) is 0 Å². The summed E-state index contributed by atoms with van der Waals surface area (Å²) in [7, 11) is 0.120. The first-order valence-corrected chi connectivity index (χ1v) is 3.31. The minimum Gasteiger partial charge on any atom is -0.490 e. The monoisotopic (exact) mass is 262 g/mol. The summed E-state index contributed by atoms with van der Waals surface area (Å²) in [5, 5.41) is 0. The van der Waals surface area contributed by atoms with Gasteiger partial charge in [-0.15, -0.1) is 0 Å². The molecule has 0 aliphatic rings.